The molecule has 1 amide bonds. The first-order chi connectivity index (χ1) is 15.3. The maximum Gasteiger partial charge on any atom is 0.339 e. The van der Waals surface area contributed by atoms with E-state index in [4.69, 9.17) is 9.47 Å². The third kappa shape index (κ3) is 5.14. The molecule has 1 aromatic heterocycles. The van der Waals surface area contributed by atoms with Crippen molar-refractivity contribution in [2.45, 2.75) is 12.1 Å². The van der Waals surface area contributed by atoms with Gasteiger partial charge in [-0.15, -0.1) is 10.2 Å². The average molecular weight is 455 g/mol. The van der Waals surface area contributed by atoms with Gasteiger partial charge in [-0.05, 0) is 25.1 Å². The van der Waals surface area contributed by atoms with Crippen LogP contribution in [0.1, 0.15) is 26.3 Å². The number of thioether (sulfide) groups is 1. The molecular weight excluding hydrogens is 432 g/mol. The van der Waals surface area contributed by atoms with Gasteiger partial charge in [0.05, 0.1) is 36.8 Å². The monoisotopic (exact) mass is 454 g/mol. The molecule has 166 valence electrons. The number of hydrogen-bond donors (Lipinski definition) is 1. The van der Waals surface area contributed by atoms with Crippen molar-refractivity contribution < 1.29 is 23.9 Å². The number of ether oxygens (including phenoxy) is 2. The first-order valence-electron chi connectivity index (χ1n) is 9.53. The number of rotatable bonds is 7. The van der Waals surface area contributed by atoms with Gasteiger partial charge in [-0.2, -0.15) is 0 Å². The summed E-state index contributed by atoms with van der Waals surface area (Å²) in [4.78, 5) is 36.4. The van der Waals surface area contributed by atoms with Crippen LogP contribution in [-0.2, 0) is 21.3 Å². The summed E-state index contributed by atoms with van der Waals surface area (Å²) >= 11 is 1.20. The second-order valence-corrected chi connectivity index (χ2v) is 7.75. The second kappa shape index (κ2) is 10.1. The Labute approximate surface area is 189 Å². The van der Waals surface area contributed by atoms with E-state index in [0.29, 0.717) is 11.0 Å². The Morgan fingerprint density at radius 2 is 1.69 bits per heavy atom. The van der Waals surface area contributed by atoms with Crippen molar-refractivity contribution in [2.75, 3.05) is 25.3 Å². The summed E-state index contributed by atoms with van der Waals surface area (Å²) in [6.45, 7) is 2.01. The number of anilines is 1. The van der Waals surface area contributed by atoms with Gasteiger partial charge in [-0.1, -0.05) is 41.6 Å². The van der Waals surface area contributed by atoms with Crippen LogP contribution in [0.5, 0.6) is 0 Å². The smallest absolute Gasteiger partial charge is 0.339 e. The van der Waals surface area contributed by atoms with Gasteiger partial charge >= 0.3 is 11.9 Å². The van der Waals surface area contributed by atoms with E-state index in [2.05, 4.69) is 15.5 Å². The quantitative estimate of drug-likeness (QED) is 0.428. The molecule has 0 aliphatic rings. The molecule has 0 saturated heterocycles. The number of methoxy groups -OCH3 is 2. The summed E-state index contributed by atoms with van der Waals surface area (Å²) in [5.41, 5.74) is 2.54. The van der Waals surface area contributed by atoms with Crippen LogP contribution in [0.15, 0.2) is 47.6 Å². The lowest BCUT2D eigenvalue weighted by molar-refractivity contribution is -0.113. The molecule has 0 saturated carbocycles. The SMILES string of the molecule is COC(=O)c1ccc(C(=O)OC)c(NC(=O)CSc2nnc(-c3ccc(C)cc3)n2C)c1. The van der Waals surface area contributed by atoms with Gasteiger partial charge < -0.3 is 19.4 Å². The van der Waals surface area contributed by atoms with Gasteiger partial charge in [-0.3, -0.25) is 4.79 Å². The summed E-state index contributed by atoms with van der Waals surface area (Å²) < 4.78 is 11.3. The van der Waals surface area contributed by atoms with Crippen molar-refractivity contribution in [1.29, 1.82) is 0 Å². The molecular formula is C22H22N4O5S. The van der Waals surface area contributed by atoms with Crippen molar-refractivity contribution in [3.8, 4) is 11.4 Å². The molecule has 0 radical (unpaired) electrons. The number of amides is 1. The molecule has 32 heavy (non-hydrogen) atoms. The first-order valence-corrected chi connectivity index (χ1v) is 10.5. The predicted octanol–water partition coefficient (Wildman–Crippen LogP) is 3.09. The fraction of sp³-hybridized carbons (Fsp3) is 0.227. The zero-order valence-electron chi connectivity index (χ0n) is 18.0. The molecule has 0 spiro atoms. The van der Waals surface area contributed by atoms with Crippen LogP contribution in [0.25, 0.3) is 11.4 Å². The van der Waals surface area contributed by atoms with Crippen LogP contribution in [0.3, 0.4) is 0 Å². The van der Waals surface area contributed by atoms with Gasteiger partial charge in [0.2, 0.25) is 5.91 Å². The van der Waals surface area contributed by atoms with E-state index in [1.54, 1.807) is 4.57 Å². The van der Waals surface area contributed by atoms with Crippen LogP contribution >= 0.6 is 11.8 Å². The van der Waals surface area contributed by atoms with Gasteiger partial charge in [0.15, 0.2) is 11.0 Å². The topological polar surface area (TPSA) is 112 Å². The third-order valence-corrected chi connectivity index (χ3v) is 5.62. The number of carbonyl (C=O) groups excluding carboxylic acids is 3. The van der Waals surface area contributed by atoms with E-state index in [1.165, 1.54) is 44.2 Å². The maximum atomic E-state index is 12.6. The Bertz CT molecular complexity index is 1160. The zero-order valence-corrected chi connectivity index (χ0v) is 18.9. The Balaban J connectivity index is 1.73. The first kappa shape index (κ1) is 23.0. The maximum absolute atomic E-state index is 12.6. The standard InChI is InChI=1S/C22H22N4O5S/c1-13-5-7-14(8-6-13)19-24-25-22(26(19)2)32-12-18(27)23-17-11-15(20(28)30-3)9-10-16(17)21(29)31-4/h5-11H,12H2,1-4H3,(H,23,27). The number of esters is 2. The van der Waals surface area contributed by atoms with Crippen molar-refractivity contribution in [3.05, 3.63) is 59.2 Å². The normalized spacial score (nSPS) is 10.5. The highest BCUT2D eigenvalue weighted by Gasteiger charge is 2.18. The van der Waals surface area contributed by atoms with Crippen LogP contribution in [-0.4, -0.2) is 52.6 Å². The molecule has 1 heterocycles. The van der Waals surface area contributed by atoms with Crippen molar-refractivity contribution in [2.24, 2.45) is 7.05 Å². The lowest BCUT2D eigenvalue weighted by atomic mass is 10.1. The van der Waals surface area contributed by atoms with Crippen LogP contribution in [0, 0.1) is 6.92 Å². The Kier molecular flexibility index (Phi) is 7.26. The Hall–Kier alpha value is -3.66. The molecule has 0 aliphatic carbocycles. The number of carbonyl (C=O) groups is 3. The molecule has 9 nitrogen and oxygen atoms in total. The van der Waals surface area contributed by atoms with Crippen molar-refractivity contribution in [1.82, 2.24) is 14.8 Å². The van der Waals surface area contributed by atoms with Gasteiger partial charge in [0, 0.05) is 12.6 Å². The van der Waals surface area contributed by atoms with Gasteiger partial charge in [-0.25, -0.2) is 9.59 Å². The van der Waals surface area contributed by atoms with E-state index >= 15 is 0 Å². The molecule has 1 N–H and O–H groups in total. The van der Waals surface area contributed by atoms with Crippen LogP contribution < -0.4 is 5.32 Å². The largest absolute Gasteiger partial charge is 0.465 e. The molecule has 3 rings (SSSR count). The number of benzene rings is 2. The van der Waals surface area contributed by atoms with E-state index in [-0.39, 0.29) is 28.5 Å². The zero-order chi connectivity index (χ0) is 23.3. The van der Waals surface area contributed by atoms with Gasteiger partial charge in [0.1, 0.15) is 0 Å². The number of nitrogens with zero attached hydrogens (tertiary/aromatic N) is 3. The molecule has 0 aliphatic heterocycles. The van der Waals surface area contributed by atoms with Crippen molar-refractivity contribution in [3.63, 3.8) is 0 Å². The minimum Gasteiger partial charge on any atom is -0.465 e. The summed E-state index contributed by atoms with van der Waals surface area (Å²) in [6, 6.07) is 12.1. The lowest BCUT2D eigenvalue weighted by Gasteiger charge is -2.11. The highest BCUT2D eigenvalue weighted by atomic mass is 32.2. The second-order valence-electron chi connectivity index (χ2n) is 6.81. The van der Waals surface area contributed by atoms with Crippen LogP contribution in [0.4, 0.5) is 5.69 Å². The van der Waals surface area contributed by atoms with E-state index < -0.39 is 11.9 Å². The predicted molar refractivity (Wildman–Crippen MR) is 120 cm³/mol. The van der Waals surface area contributed by atoms with E-state index in [9.17, 15) is 14.4 Å². The summed E-state index contributed by atoms with van der Waals surface area (Å²) in [5, 5.41) is 11.6. The fourth-order valence-electron chi connectivity index (χ4n) is 2.89. The number of aromatic nitrogens is 3. The molecule has 10 heteroatoms. The summed E-state index contributed by atoms with van der Waals surface area (Å²) in [7, 11) is 4.31. The van der Waals surface area contributed by atoms with E-state index in [1.807, 2.05) is 38.2 Å². The van der Waals surface area contributed by atoms with Crippen molar-refractivity contribution >= 4 is 35.3 Å². The highest BCUT2D eigenvalue weighted by Crippen LogP contribution is 2.24. The Morgan fingerprint density at radius 3 is 2.34 bits per heavy atom. The lowest BCUT2D eigenvalue weighted by Crippen LogP contribution is -2.18. The minimum atomic E-state index is -0.639. The fourth-order valence-corrected chi connectivity index (χ4v) is 3.60. The van der Waals surface area contributed by atoms with E-state index in [0.717, 1.165) is 11.1 Å². The molecule has 0 fully saturated rings. The molecule has 0 unspecified atom stereocenters. The number of hydrogen-bond acceptors (Lipinski definition) is 8. The minimum absolute atomic E-state index is 0.0168. The average Bonchev–Trinajstić information content (AvgIpc) is 3.17. The number of nitrogens with one attached hydrogen (secondary N) is 1. The number of aryl methyl sites for hydroxylation is 1. The Morgan fingerprint density at radius 1 is 1.00 bits per heavy atom. The molecule has 2 aromatic carbocycles. The molecule has 0 atom stereocenters. The molecule has 3 aromatic rings. The van der Waals surface area contributed by atoms with Crippen LogP contribution in [0.2, 0.25) is 0 Å². The summed E-state index contributed by atoms with van der Waals surface area (Å²) in [6.07, 6.45) is 0. The highest BCUT2D eigenvalue weighted by molar-refractivity contribution is 7.99. The molecule has 0 bridgehead atoms. The van der Waals surface area contributed by atoms with Gasteiger partial charge in [0.25, 0.3) is 0 Å². The summed E-state index contributed by atoms with van der Waals surface area (Å²) in [5.74, 6) is -0.911. The third-order valence-electron chi connectivity index (χ3n) is 4.60.